The number of nitrogens with zero attached hydrogens (tertiary/aromatic N) is 1. The summed E-state index contributed by atoms with van der Waals surface area (Å²) >= 11 is 0. The SMILES string of the molecule is C#CC(CC)NC(=O)c1nc[nH]c1C(=O)O. The van der Waals surface area contributed by atoms with Crippen molar-refractivity contribution in [1.82, 2.24) is 15.3 Å². The van der Waals surface area contributed by atoms with E-state index in [1.54, 1.807) is 0 Å². The third-order valence-electron chi connectivity index (χ3n) is 1.98. The van der Waals surface area contributed by atoms with Crippen LogP contribution >= 0.6 is 0 Å². The van der Waals surface area contributed by atoms with Crippen molar-refractivity contribution in [2.75, 3.05) is 0 Å². The van der Waals surface area contributed by atoms with Crippen molar-refractivity contribution in [2.24, 2.45) is 0 Å². The van der Waals surface area contributed by atoms with E-state index in [1.165, 1.54) is 0 Å². The standard InChI is InChI=1S/C10H11N3O3/c1-3-6(4-2)13-9(14)7-8(10(15)16)12-5-11-7/h1,5-6H,4H2,2H3,(H,11,12)(H,13,14)(H,15,16). The maximum atomic E-state index is 11.6. The summed E-state index contributed by atoms with van der Waals surface area (Å²) in [7, 11) is 0. The minimum Gasteiger partial charge on any atom is -0.477 e. The van der Waals surface area contributed by atoms with E-state index in [1.807, 2.05) is 6.92 Å². The minimum atomic E-state index is -1.24. The number of carbonyl (C=O) groups excluding carboxylic acids is 1. The molecule has 0 aliphatic carbocycles. The first-order valence-electron chi connectivity index (χ1n) is 4.63. The number of carbonyl (C=O) groups is 2. The summed E-state index contributed by atoms with van der Waals surface area (Å²) in [6, 6.07) is -0.425. The number of carboxylic acids is 1. The third-order valence-corrected chi connectivity index (χ3v) is 1.98. The Morgan fingerprint density at radius 3 is 2.94 bits per heavy atom. The number of nitrogens with one attached hydrogen (secondary N) is 2. The molecule has 1 unspecified atom stereocenters. The first-order valence-corrected chi connectivity index (χ1v) is 4.63. The van der Waals surface area contributed by atoms with Crippen molar-refractivity contribution >= 4 is 11.9 Å². The second-order valence-corrected chi connectivity index (χ2v) is 3.03. The Bertz CT molecular complexity index is 444. The van der Waals surface area contributed by atoms with Crippen molar-refractivity contribution in [2.45, 2.75) is 19.4 Å². The number of hydrogen-bond acceptors (Lipinski definition) is 3. The maximum absolute atomic E-state index is 11.6. The molecule has 0 saturated carbocycles. The van der Waals surface area contributed by atoms with Crippen LogP contribution in [0.4, 0.5) is 0 Å². The number of H-pyrrole nitrogens is 1. The van der Waals surface area contributed by atoms with Gasteiger partial charge in [0.1, 0.15) is 0 Å². The van der Waals surface area contributed by atoms with Crippen LogP contribution in [0.1, 0.15) is 34.3 Å². The monoisotopic (exact) mass is 221 g/mol. The molecule has 1 aromatic rings. The first-order chi connectivity index (χ1) is 7.60. The second-order valence-electron chi connectivity index (χ2n) is 3.03. The van der Waals surface area contributed by atoms with Gasteiger partial charge in [-0.1, -0.05) is 12.8 Å². The Labute approximate surface area is 92.1 Å². The van der Waals surface area contributed by atoms with E-state index < -0.39 is 17.9 Å². The molecule has 0 fully saturated rings. The van der Waals surface area contributed by atoms with E-state index in [2.05, 4.69) is 21.2 Å². The summed E-state index contributed by atoms with van der Waals surface area (Å²) in [5.74, 6) is 0.542. The van der Waals surface area contributed by atoms with Gasteiger partial charge in [0.25, 0.3) is 5.91 Å². The van der Waals surface area contributed by atoms with Crippen molar-refractivity contribution in [1.29, 1.82) is 0 Å². The Kier molecular flexibility index (Phi) is 3.67. The van der Waals surface area contributed by atoms with Crippen molar-refractivity contribution in [3.63, 3.8) is 0 Å². The van der Waals surface area contributed by atoms with Gasteiger partial charge in [0.15, 0.2) is 11.4 Å². The molecule has 0 bridgehead atoms. The zero-order valence-corrected chi connectivity index (χ0v) is 8.65. The molecule has 1 aromatic heterocycles. The van der Waals surface area contributed by atoms with E-state index in [0.717, 1.165) is 6.33 Å². The molecule has 0 aliphatic rings. The lowest BCUT2D eigenvalue weighted by Gasteiger charge is -2.09. The quantitative estimate of drug-likeness (QED) is 0.635. The van der Waals surface area contributed by atoms with Gasteiger partial charge in [0.05, 0.1) is 12.4 Å². The van der Waals surface area contributed by atoms with Gasteiger partial charge in [0, 0.05) is 0 Å². The molecule has 84 valence electrons. The number of imidazole rings is 1. The van der Waals surface area contributed by atoms with Crippen LogP contribution in [0.3, 0.4) is 0 Å². The summed E-state index contributed by atoms with van der Waals surface area (Å²) in [5, 5.41) is 11.3. The predicted molar refractivity (Wildman–Crippen MR) is 55.9 cm³/mol. The Morgan fingerprint density at radius 2 is 2.44 bits per heavy atom. The lowest BCUT2D eigenvalue weighted by molar-refractivity contribution is 0.0684. The van der Waals surface area contributed by atoms with E-state index in [9.17, 15) is 9.59 Å². The molecule has 0 aromatic carbocycles. The highest BCUT2D eigenvalue weighted by Gasteiger charge is 2.20. The van der Waals surface area contributed by atoms with Gasteiger partial charge < -0.3 is 15.4 Å². The van der Waals surface area contributed by atoms with E-state index >= 15 is 0 Å². The highest BCUT2D eigenvalue weighted by atomic mass is 16.4. The summed E-state index contributed by atoms with van der Waals surface area (Å²) < 4.78 is 0. The van der Waals surface area contributed by atoms with Gasteiger partial charge in [-0.15, -0.1) is 6.42 Å². The van der Waals surface area contributed by atoms with Gasteiger partial charge in [0.2, 0.25) is 0 Å². The van der Waals surface area contributed by atoms with Crippen LogP contribution in [0.2, 0.25) is 0 Å². The molecule has 16 heavy (non-hydrogen) atoms. The number of aromatic nitrogens is 2. The summed E-state index contributed by atoms with van der Waals surface area (Å²) in [6.45, 7) is 1.81. The smallest absolute Gasteiger partial charge is 0.354 e. The molecule has 0 aliphatic heterocycles. The minimum absolute atomic E-state index is 0.166. The van der Waals surface area contributed by atoms with Crippen LogP contribution in [0.5, 0.6) is 0 Å². The molecular formula is C10H11N3O3. The molecular weight excluding hydrogens is 210 g/mol. The fourth-order valence-electron chi connectivity index (χ4n) is 1.12. The average Bonchev–Trinajstić information content (AvgIpc) is 2.74. The van der Waals surface area contributed by atoms with E-state index in [4.69, 9.17) is 11.5 Å². The predicted octanol–water partition coefficient (Wildman–Crippen LogP) is 0.250. The van der Waals surface area contributed by atoms with Crippen molar-refractivity contribution in [3.05, 3.63) is 17.7 Å². The number of aromatic carboxylic acids is 1. The van der Waals surface area contributed by atoms with Crippen molar-refractivity contribution in [3.8, 4) is 12.3 Å². The van der Waals surface area contributed by atoms with Crippen LogP contribution < -0.4 is 5.32 Å². The van der Waals surface area contributed by atoms with Gasteiger partial charge in [-0.3, -0.25) is 4.79 Å². The number of carboxylic acid groups (broad SMARTS) is 1. The molecule has 1 atom stereocenters. The summed E-state index contributed by atoms with van der Waals surface area (Å²) in [5.41, 5.74) is -0.412. The maximum Gasteiger partial charge on any atom is 0.354 e. The molecule has 6 heteroatoms. The summed E-state index contributed by atoms with van der Waals surface area (Å²) in [6.07, 6.45) is 6.89. The van der Waals surface area contributed by atoms with Gasteiger partial charge in [-0.05, 0) is 6.42 Å². The van der Waals surface area contributed by atoms with Crippen LogP contribution in [-0.2, 0) is 0 Å². The second kappa shape index (κ2) is 4.98. The fraction of sp³-hybridized carbons (Fsp3) is 0.300. The highest BCUT2D eigenvalue weighted by molar-refractivity contribution is 6.02. The third kappa shape index (κ3) is 2.39. The number of terminal acetylenes is 1. The van der Waals surface area contributed by atoms with E-state index in [0.29, 0.717) is 6.42 Å². The van der Waals surface area contributed by atoms with Crippen LogP contribution in [0.15, 0.2) is 6.33 Å². The van der Waals surface area contributed by atoms with E-state index in [-0.39, 0.29) is 11.4 Å². The molecule has 0 spiro atoms. The number of aromatic amines is 1. The van der Waals surface area contributed by atoms with Gasteiger partial charge in [-0.2, -0.15) is 0 Å². The topological polar surface area (TPSA) is 95.1 Å². The Morgan fingerprint density at radius 1 is 1.75 bits per heavy atom. The number of amides is 1. The van der Waals surface area contributed by atoms with Crippen molar-refractivity contribution < 1.29 is 14.7 Å². The molecule has 1 rings (SSSR count). The number of rotatable bonds is 4. The lowest BCUT2D eigenvalue weighted by Crippen LogP contribution is -2.34. The normalized spacial score (nSPS) is 11.5. The van der Waals surface area contributed by atoms with Crippen LogP contribution in [-0.4, -0.2) is 33.0 Å². The molecule has 1 heterocycles. The Balaban J connectivity index is 2.85. The molecule has 0 saturated heterocycles. The van der Waals surface area contributed by atoms with Gasteiger partial charge >= 0.3 is 5.97 Å². The first kappa shape index (κ1) is 11.8. The van der Waals surface area contributed by atoms with Gasteiger partial charge in [-0.25, -0.2) is 9.78 Å². The lowest BCUT2D eigenvalue weighted by atomic mass is 10.2. The largest absolute Gasteiger partial charge is 0.477 e. The number of hydrogen-bond donors (Lipinski definition) is 3. The average molecular weight is 221 g/mol. The molecule has 3 N–H and O–H groups in total. The zero-order chi connectivity index (χ0) is 12.1. The highest BCUT2D eigenvalue weighted by Crippen LogP contribution is 2.03. The molecule has 1 amide bonds. The van der Waals surface area contributed by atoms with Crippen LogP contribution in [0, 0.1) is 12.3 Å². The summed E-state index contributed by atoms with van der Waals surface area (Å²) in [4.78, 5) is 28.3. The molecule has 0 radical (unpaired) electrons. The molecule has 6 nitrogen and oxygen atoms in total. The Hall–Kier alpha value is -2.29. The zero-order valence-electron chi connectivity index (χ0n) is 8.65. The van der Waals surface area contributed by atoms with Crippen LogP contribution in [0.25, 0.3) is 0 Å². The fourth-order valence-corrected chi connectivity index (χ4v) is 1.12.